The number of hydrogen-bond acceptors (Lipinski definition) is 2. The summed E-state index contributed by atoms with van der Waals surface area (Å²) in [7, 11) is 0. The molecule has 0 aliphatic heterocycles. The molecular weight excluding hydrogens is 116 g/mol. The molecule has 48 valence electrons. The molecule has 0 aliphatic carbocycles. The van der Waals surface area contributed by atoms with Crippen LogP contribution < -0.4 is 5.73 Å². The minimum absolute atomic E-state index is 0.163. The monoisotopic (exact) mass is 124 g/mol. The lowest BCUT2D eigenvalue weighted by molar-refractivity contribution is 1.09. The second-order valence-electron chi connectivity index (χ2n) is 1.81. The molecule has 0 amide bonds. The lowest BCUT2D eigenvalue weighted by Gasteiger charge is -1.89. The van der Waals surface area contributed by atoms with Crippen molar-refractivity contribution in [3.05, 3.63) is 18.0 Å². The number of amidine groups is 1. The van der Waals surface area contributed by atoms with Crippen LogP contribution in [0.2, 0.25) is 0 Å². The molecule has 4 nitrogen and oxygen atoms in total. The van der Waals surface area contributed by atoms with Crippen molar-refractivity contribution in [1.29, 1.82) is 5.41 Å². The fourth-order valence-electron chi connectivity index (χ4n) is 0.594. The van der Waals surface area contributed by atoms with Crippen molar-refractivity contribution < 1.29 is 0 Å². The number of aromatic nitrogens is 2. The Hall–Kier alpha value is -1.32. The lowest BCUT2D eigenvalue weighted by atomic mass is 10.2. The van der Waals surface area contributed by atoms with Crippen molar-refractivity contribution in [3.8, 4) is 0 Å². The van der Waals surface area contributed by atoms with Gasteiger partial charge < -0.3 is 5.73 Å². The van der Waals surface area contributed by atoms with Crippen LogP contribution in [-0.4, -0.2) is 16.0 Å². The topological polar surface area (TPSA) is 78.6 Å². The van der Waals surface area contributed by atoms with E-state index in [9.17, 15) is 0 Å². The molecule has 1 rings (SSSR count). The van der Waals surface area contributed by atoms with Crippen LogP contribution in [0.25, 0.3) is 0 Å². The van der Waals surface area contributed by atoms with Crippen LogP contribution in [0, 0.1) is 5.41 Å². The molecule has 0 spiro atoms. The Morgan fingerprint density at radius 1 is 1.89 bits per heavy atom. The highest BCUT2D eigenvalue weighted by atomic mass is 15.1. The number of hydrogen-bond donors (Lipinski definition) is 3. The third-order valence-corrected chi connectivity index (χ3v) is 0.949. The van der Waals surface area contributed by atoms with Crippen molar-refractivity contribution in [1.82, 2.24) is 10.2 Å². The molecule has 1 aromatic heterocycles. The van der Waals surface area contributed by atoms with E-state index in [1.165, 1.54) is 0 Å². The maximum Gasteiger partial charge on any atom is 0.0951 e. The number of nitrogens with one attached hydrogen (secondary N) is 2. The molecule has 1 heterocycles. The minimum atomic E-state index is 0.163. The van der Waals surface area contributed by atoms with Gasteiger partial charge in [-0.25, -0.2) is 0 Å². The minimum Gasteiger partial charge on any atom is -0.387 e. The number of rotatable bonds is 2. The van der Waals surface area contributed by atoms with Crippen molar-refractivity contribution in [3.63, 3.8) is 0 Å². The Labute approximate surface area is 52.6 Å². The van der Waals surface area contributed by atoms with Crippen molar-refractivity contribution in [2.75, 3.05) is 0 Å². The molecular formula is C5H8N4. The van der Waals surface area contributed by atoms with E-state index in [1.807, 2.05) is 0 Å². The average molecular weight is 124 g/mol. The van der Waals surface area contributed by atoms with Gasteiger partial charge in [-0.1, -0.05) is 0 Å². The fourth-order valence-corrected chi connectivity index (χ4v) is 0.594. The van der Waals surface area contributed by atoms with E-state index in [2.05, 4.69) is 10.2 Å². The van der Waals surface area contributed by atoms with E-state index < -0.39 is 0 Å². The van der Waals surface area contributed by atoms with E-state index in [0.29, 0.717) is 6.42 Å². The summed E-state index contributed by atoms with van der Waals surface area (Å²) in [5.41, 5.74) is 6.07. The van der Waals surface area contributed by atoms with Gasteiger partial charge in [0.15, 0.2) is 0 Å². The second-order valence-corrected chi connectivity index (χ2v) is 1.81. The molecule has 0 fully saturated rings. The summed E-state index contributed by atoms with van der Waals surface area (Å²) in [5.74, 6) is 0.163. The zero-order valence-corrected chi connectivity index (χ0v) is 4.89. The Morgan fingerprint density at radius 3 is 3.11 bits per heavy atom. The number of aromatic amines is 1. The Bertz CT molecular complexity index is 189. The highest BCUT2D eigenvalue weighted by Gasteiger charge is 1.93. The molecule has 0 unspecified atom stereocenters. The molecule has 9 heavy (non-hydrogen) atoms. The summed E-state index contributed by atoms with van der Waals surface area (Å²) in [5, 5.41) is 13.2. The number of nitrogens with zero attached hydrogens (tertiary/aromatic N) is 1. The normalized spacial score (nSPS) is 9.33. The van der Waals surface area contributed by atoms with Crippen LogP contribution >= 0.6 is 0 Å². The van der Waals surface area contributed by atoms with Gasteiger partial charge in [0.25, 0.3) is 0 Å². The van der Waals surface area contributed by atoms with Gasteiger partial charge in [-0.2, -0.15) is 5.10 Å². The lowest BCUT2D eigenvalue weighted by Crippen LogP contribution is -2.11. The average Bonchev–Trinajstić information content (AvgIpc) is 2.15. The highest BCUT2D eigenvalue weighted by molar-refractivity contribution is 5.79. The van der Waals surface area contributed by atoms with Crippen LogP contribution in [0.3, 0.4) is 0 Å². The van der Waals surface area contributed by atoms with Gasteiger partial charge >= 0.3 is 0 Å². The second kappa shape index (κ2) is 2.30. The SMILES string of the molecule is N=C(N)Cc1cn[nH]c1. The number of nitrogens with two attached hydrogens (primary N) is 1. The first-order valence-corrected chi connectivity index (χ1v) is 2.59. The molecule has 1 aromatic rings. The zero-order valence-electron chi connectivity index (χ0n) is 4.89. The van der Waals surface area contributed by atoms with Gasteiger partial charge in [0, 0.05) is 12.6 Å². The highest BCUT2D eigenvalue weighted by Crippen LogP contribution is 1.92. The summed E-state index contributed by atoms with van der Waals surface area (Å²) in [4.78, 5) is 0. The maximum absolute atomic E-state index is 6.91. The molecule has 0 saturated heterocycles. The summed E-state index contributed by atoms with van der Waals surface area (Å²) in [6.45, 7) is 0. The molecule has 0 aliphatic rings. The van der Waals surface area contributed by atoms with Gasteiger partial charge in [0.2, 0.25) is 0 Å². The quantitative estimate of drug-likeness (QED) is 0.380. The van der Waals surface area contributed by atoms with E-state index in [-0.39, 0.29) is 5.84 Å². The summed E-state index contributed by atoms with van der Waals surface area (Å²) >= 11 is 0. The third kappa shape index (κ3) is 1.56. The Balaban J connectivity index is 2.58. The van der Waals surface area contributed by atoms with Crippen LogP contribution in [0.1, 0.15) is 5.56 Å². The third-order valence-electron chi connectivity index (χ3n) is 0.949. The van der Waals surface area contributed by atoms with Gasteiger partial charge in [-0.05, 0) is 5.56 Å². The smallest absolute Gasteiger partial charge is 0.0951 e. The predicted molar refractivity (Wildman–Crippen MR) is 34.2 cm³/mol. The molecule has 4 heteroatoms. The Morgan fingerprint density at radius 2 is 2.67 bits per heavy atom. The zero-order chi connectivity index (χ0) is 6.69. The Kier molecular flexibility index (Phi) is 1.48. The van der Waals surface area contributed by atoms with Crippen molar-refractivity contribution in [2.45, 2.75) is 6.42 Å². The molecule has 0 atom stereocenters. The van der Waals surface area contributed by atoms with Crippen LogP contribution in [0.5, 0.6) is 0 Å². The van der Waals surface area contributed by atoms with Crippen LogP contribution in [-0.2, 0) is 6.42 Å². The molecule has 0 aromatic carbocycles. The fraction of sp³-hybridized carbons (Fsp3) is 0.200. The van der Waals surface area contributed by atoms with Crippen LogP contribution in [0.15, 0.2) is 12.4 Å². The number of H-pyrrole nitrogens is 1. The van der Waals surface area contributed by atoms with Gasteiger partial charge in [0.05, 0.1) is 12.0 Å². The van der Waals surface area contributed by atoms with E-state index in [0.717, 1.165) is 5.56 Å². The van der Waals surface area contributed by atoms with Gasteiger partial charge in [-0.3, -0.25) is 10.5 Å². The maximum atomic E-state index is 6.91. The molecule has 0 bridgehead atoms. The first kappa shape index (κ1) is 5.81. The summed E-state index contributed by atoms with van der Waals surface area (Å²) in [6.07, 6.45) is 3.86. The summed E-state index contributed by atoms with van der Waals surface area (Å²) < 4.78 is 0. The molecule has 0 saturated carbocycles. The van der Waals surface area contributed by atoms with Gasteiger partial charge in [0.1, 0.15) is 0 Å². The first-order chi connectivity index (χ1) is 4.29. The van der Waals surface area contributed by atoms with Gasteiger partial charge in [-0.15, -0.1) is 0 Å². The summed E-state index contributed by atoms with van der Waals surface area (Å²) in [6, 6.07) is 0. The van der Waals surface area contributed by atoms with Crippen molar-refractivity contribution in [2.24, 2.45) is 5.73 Å². The molecule has 4 N–H and O–H groups in total. The predicted octanol–water partition coefficient (Wildman–Crippen LogP) is -0.112. The van der Waals surface area contributed by atoms with E-state index >= 15 is 0 Å². The van der Waals surface area contributed by atoms with Crippen molar-refractivity contribution >= 4 is 5.84 Å². The van der Waals surface area contributed by atoms with E-state index in [1.54, 1.807) is 12.4 Å². The standard InChI is InChI=1S/C5H8N4/c6-5(7)1-4-2-8-9-3-4/h2-3H,1H2,(H3,6,7)(H,8,9). The van der Waals surface area contributed by atoms with E-state index in [4.69, 9.17) is 11.1 Å². The largest absolute Gasteiger partial charge is 0.387 e. The van der Waals surface area contributed by atoms with Crippen LogP contribution in [0.4, 0.5) is 0 Å². The molecule has 0 radical (unpaired) electrons. The first-order valence-electron chi connectivity index (χ1n) is 2.59.